The van der Waals surface area contributed by atoms with Gasteiger partial charge in [0.1, 0.15) is 0 Å². The second-order valence-electron chi connectivity index (χ2n) is 8.97. The maximum absolute atomic E-state index is 12.5. The third kappa shape index (κ3) is 4.30. The van der Waals surface area contributed by atoms with Crippen LogP contribution in [0, 0.1) is 5.41 Å². The summed E-state index contributed by atoms with van der Waals surface area (Å²) in [4.78, 5) is 0. The van der Waals surface area contributed by atoms with E-state index in [4.69, 9.17) is 9.31 Å². The highest BCUT2D eigenvalue weighted by atomic mass is 32.2. The minimum Gasteiger partial charge on any atom is -0.402 e. The molecule has 4 nitrogen and oxygen atoms in total. The summed E-state index contributed by atoms with van der Waals surface area (Å²) in [7, 11) is -1.58. The smallest absolute Gasteiger partial charge is 0.402 e. The quantitative estimate of drug-likeness (QED) is 0.814. The zero-order valence-corrected chi connectivity index (χ0v) is 16.1. The molecule has 0 aromatic heterocycles. The SMILES string of the molecule is CC(C)(C)[C@H](N[S@](=O)C(C)(C)C)B1OC(C)(C)C(C)(C)O1. The average Bonchev–Trinajstić information content (AvgIpc) is 2.40. The fourth-order valence-corrected chi connectivity index (χ4v) is 3.01. The number of hydrogen-bond donors (Lipinski definition) is 1. The first-order valence-electron chi connectivity index (χ1n) is 7.62. The molecule has 1 aliphatic heterocycles. The van der Waals surface area contributed by atoms with Crippen molar-refractivity contribution < 1.29 is 13.5 Å². The standard InChI is InChI=1S/C15H32BNO3S/c1-12(2,3)11(17-21(18)13(4,5)6)16-19-14(7,8)15(9,10)20-16/h11,17H,1-10H3/t11-,21+/m0/s1. The maximum Gasteiger partial charge on any atom is 0.477 e. The summed E-state index contributed by atoms with van der Waals surface area (Å²) in [5.41, 5.74) is -0.903. The summed E-state index contributed by atoms with van der Waals surface area (Å²) in [5.74, 6) is -0.154. The third-order valence-corrected chi connectivity index (χ3v) is 5.85. The van der Waals surface area contributed by atoms with Crippen molar-refractivity contribution in [3.63, 3.8) is 0 Å². The van der Waals surface area contributed by atoms with Crippen LogP contribution < -0.4 is 4.72 Å². The molecule has 1 N–H and O–H groups in total. The molecule has 1 heterocycles. The van der Waals surface area contributed by atoms with E-state index in [2.05, 4.69) is 25.5 Å². The molecule has 1 aliphatic rings. The van der Waals surface area contributed by atoms with Crippen molar-refractivity contribution in [3.05, 3.63) is 0 Å². The van der Waals surface area contributed by atoms with E-state index in [0.717, 1.165) is 0 Å². The van der Waals surface area contributed by atoms with Gasteiger partial charge in [0.25, 0.3) is 0 Å². The molecule has 124 valence electrons. The van der Waals surface area contributed by atoms with Crippen LogP contribution in [-0.4, -0.2) is 33.2 Å². The van der Waals surface area contributed by atoms with Gasteiger partial charge in [-0.25, -0.2) is 8.93 Å². The first-order chi connectivity index (χ1) is 9.08. The molecule has 0 aliphatic carbocycles. The molecule has 0 unspecified atom stereocenters. The van der Waals surface area contributed by atoms with E-state index in [-0.39, 0.29) is 27.3 Å². The predicted octanol–water partition coefficient (Wildman–Crippen LogP) is 3.08. The van der Waals surface area contributed by atoms with E-state index in [0.29, 0.717) is 0 Å². The van der Waals surface area contributed by atoms with Crippen LogP contribution in [0.25, 0.3) is 0 Å². The van der Waals surface area contributed by atoms with E-state index in [9.17, 15) is 4.21 Å². The summed E-state index contributed by atoms with van der Waals surface area (Å²) >= 11 is 0. The van der Waals surface area contributed by atoms with E-state index < -0.39 is 18.1 Å². The van der Waals surface area contributed by atoms with E-state index in [1.165, 1.54) is 0 Å². The molecule has 0 radical (unpaired) electrons. The van der Waals surface area contributed by atoms with Crippen molar-refractivity contribution in [1.29, 1.82) is 0 Å². The van der Waals surface area contributed by atoms with Crippen LogP contribution in [0.4, 0.5) is 0 Å². The Morgan fingerprint density at radius 3 is 1.62 bits per heavy atom. The van der Waals surface area contributed by atoms with Gasteiger partial charge in [-0.1, -0.05) is 20.8 Å². The molecule has 0 aromatic carbocycles. The van der Waals surface area contributed by atoms with Crippen molar-refractivity contribution in [3.8, 4) is 0 Å². The van der Waals surface area contributed by atoms with Crippen molar-refractivity contribution in [2.45, 2.75) is 91.1 Å². The highest BCUT2D eigenvalue weighted by Crippen LogP contribution is 2.40. The lowest BCUT2D eigenvalue weighted by atomic mass is 9.65. The van der Waals surface area contributed by atoms with Crippen LogP contribution in [0.3, 0.4) is 0 Å². The largest absolute Gasteiger partial charge is 0.477 e. The number of rotatable bonds is 3. The van der Waals surface area contributed by atoms with Gasteiger partial charge in [-0.3, -0.25) is 0 Å². The first-order valence-corrected chi connectivity index (χ1v) is 8.77. The Labute approximate surface area is 133 Å². The second kappa shape index (κ2) is 5.62. The van der Waals surface area contributed by atoms with Crippen molar-refractivity contribution in [2.75, 3.05) is 0 Å². The zero-order valence-electron chi connectivity index (χ0n) is 15.3. The lowest BCUT2D eigenvalue weighted by Crippen LogP contribution is -2.55. The van der Waals surface area contributed by atoms with Crippen LogP contribution in [-0.2, 0) is 20.3 Å². The minimum atomic E-state index is -1.17. The van der Waals surface area contributed by atoms with Crippen molar-refractivity contribution in [1.82, 2.24) is 4.72 Å². The summed E-state index contributed by atoms with van der Waals surface area (Å²) in [6.45, 7) is 20.3. The van der Waals surface area contributed by atoms with Gasteiger partial charge in [0.15, 0.2) is 0 Å². The Bertz CT molecular complexity index is 394. The fourth-order valence-electron chi connectivity index (χ4n) is 1.96. The van der Waals surface area contributed by atoms with Crippen LogP contribution >= 0.6 is 0 Å². The van der Waals surface area contributed by atoms with Crippen LogP contribution in [0.2, 0.25) is 0 Å². The summed E-state index contributed by atoms with van der Waals surface area (Å²) in [6.07, 6.45) is 0. The maximum atomic E-state index is 12.5. The highest BCUT2D eigenvalue weighted by Gasteiger charge is 2.56. The average molecular weight is 317 g/mol. The molecule has 0 saturated carbocycles. The van der Waals surface area contributed by atoms with Crippen molar-refractivity contribution in [2.24, 2.45) is 5.41 Å². The molecule has 1 rings (SSSR count). The first kappa shape index (κ1) is 19.1. The molecule has 0 spiro atoms. The Balaban J connectivity index is 3.00. The molecule has 0 amide bonds. The van der Waals surface area contributed by atoms with Gasteiger partial charge in [-0.05, 0) is 53.9 Å². The fraction of sp³-hybridized carbons (Fsp3) is 1.00. The summed E-state index contributed by atoms with van der Waals surface area (Å²) < 4.78 is 27.7. The zero-order chi connectivity index (χ0) is 16.9. The van der Waals surface area contributed by atoms with E-state index >= 15 is 0 Å². The molecule has 6 heteroatoms. The predicted molar refractivity (Wildman–Crippen MR) is 90.4 cm³/mol. The van der Waals surface area contributed by atoms with Gasteiger partial charge in [0.2, 0.25) is 0 Å². The Hall–Kier alpha value is 0.0949. The van der Waals surface area contributed by atoms with E-state index in [1.807, 2.05) is 48.5 Å². The molecule has 1 saturated heterocycles. The van der Waals surface area contributed by atoms with Gasteiger partial charge in [0.05, 0.1) is 32.9 Å². The molecular weight excluding hydrogens is 285 g/mol. The van der Waals surface area contributed by atoms with Gasteiger partial charge in [-0.2, -0.15) is 0 Å². The Kier molecular flexibility index (Phi) is 5.13. The normalized spacial score (nSPS) is 25.0. The number of hydrogen-bond acceptors (Lipinski definition) is 3. The van der Waals surface area contributed by atoms with Crippen LogP contribution in [0.15, 0.2) is 0 Å². The minimum absolute atomic E-state index is 0.137. The van der Waals surface area contributed by atoms with Gasteiger partial charge in [0, 0.05) is 0 Å². The molecule has 21 heavy (non-hydrogen) atoms. The lowest BCUT2D eigenvalue weighted by Gasteiger charge is -2.34. The van der Waals surface area contributed by atoms with E-state index in [1.54, 1.807) is 0 Å². The third-order valence-electron chi connectivity index (χ3n) is 4.27. The molecule has 1 fully saturated rings. The van der Waals surface area contributed by atoms with Gasteiger partial charge >= 0.3 is 7.12 Å². The highest BCUT2D eigenvalue weighted by molar-refractivity contribution is 7.84. The lowest BCUT2D eigenvalue weighted by molar-refractivity contribution is 0.00578. The number of nitrogens with one attached hydrogen (secondary N) is 1. The Morgan fingerprint density at radius 1 is 0.952 bits per heavy atom. The van der Waals surface area contributed by atoms with Crippen LogP contribution in [0.5, 0.6) is 0 Å². The molecule has 2 atom stereocenters. The van der Waals surface area contributed by atoms with Gasteiger partial charge < -0.3 is 9.31 Å². The van der Waals surface area contributed by atoms with Crippen molar-refractivity contribution >= 4 is 18.1 Å². The topological polar surface area (TPSA) is 47.6 Å². The monoisotopic (exact) mass is 317 g/mol. The van der Waals surface area contributed by atoms with Crippen LogP contribution in [0.1, 0.15) is 69.2 Å². The summed E-state index contributed by atoms with van der Waals surface area (Å²) in [5, 5.41) is 0. The van der Waals surface area contributed by atoms with Gasteiger partial charge in [-0.15, -0.1) is 0 Å². The summed E-state index contributed by atoms with van der Waals surface area (Å²) in [6, 6.07) is 0. The Morgan fingerprint density at radius 2 is 1.33 bits per heavy atom. The molecule has 0 bridgehead atoms. The molecular formula is C15H32BNO3S. The molecule has 0 aromatic rings. The second-order valence-corrected chi connectivity index (χ2v) is 11.0.